The van der Waals surface area contributed by atoms with Crippen molar-refractivity contribution in [2.45, 2.75) is 25.8 Å². The van der Waals surface area contributed by atoms with Crippen LogP contribution in [0.3, 0.4) is 0 Å². The van der Waals surface area contributed by atoms with Gasteiger partial charge in [-0.2, -0.15) is 0 Å². The SMILES string of the molecule is Cc1cn(C2CC2)c(C(=O)O)c1-c1ccc(Cl)cc1F. The number of nitrogens with zero attached hydrogens (tertiary/aromatic N) is 1. The van der Waals surface area contributed by atoms with Crippen LogP contribution in [-0.2, 0) is 0 Å². The molecule has 0 radical (unpaired) electrons. The molecule has 1 N–H and O–H groups in total. The number of carboxylic acids is 1. The van der Waals surface area contributed by atoms with Crippen molar-refractivity contribution < 1.29 is 14.3 Å². The molecule has 20 heavy (non-hydrogen) atoms. The van der Waals surface area contributed by atoms with Gasteiger partial charge in [-0.3, -0.25) is 0 Å². The van der Waals surface area contributed by atoms with Gasteiger partial charge in [0.25, 0.3) is 0 Å². The molecule has 0 saturated heterocycles. The number of benzene rings is 1. The number of hydrogen-bond donors (Lipinski definition) is 1. The van der Waals surface area contributed by atoms with Gasteiger partial charge in [-0.1, -0.05) is 11.6 Å². The first-order valence-corrected chi connectivity index (χ1v) is 6.77. The maximum Gasteiger partial charge on any atom is 0.353 e. The topological polar surface area (TPSA) is 42.2 Å². The molecule has 0 amide bonds. The Hall–Kier alpha value is -1.81. The van der Waals surface area contributed by atoms with Gasteiger partial charge in [-0.15, -0.1) is 0 Å². The van der Waals surface area contributed by atoms with Crippen LogP contribution in [0.5, 0.6) is 0 Å². The van der Waals surface area contributed by atoms with E-state index in [0.717, 1.165) is 18.4 Å². The summed E-state index contributed by atoms with van der Waals surface area (Å²) < 4.78 is 15.8. The summed E-state index contributed by atoms with van der Waals surface area (Å²) in [5, 5.41) is 9.77. The molecule has 1 saturated carbocycles. The van der Waals surface area contributed by atoms with Gasteiger partial charge in [0.2, 0.25) is 0 Å². The molecular formula is C15H13ClFNO2. The summed E-state index contributed by atoms with van der Waals surface area (Å²) in [6.07, 6.45) is 3.73. The molecule has 3 rings (SSSR count). The highest BCUT2D eigenvalue weighted by atomic mass is 35.5. The Labute approximate surface area is 120 Å². The quantitative estimate of drug-likeness (QED) is 0.917. The first-order valence-electron chi connectivity index (χ1n) is 6.39. The van der Waals surface area contributed by atoms with Gasteiger partial charge in [0.15, 0.2) is 0 Å². The highest BCUT2D eigenvalue weighted by Gasteiger charge is 2.31. The summed E-state index contributed by atoms with van der Waals surface area (Å²) in [6, 6.07) is 4.53. The minimum absolute atomic E-state index is 0.159. The number of aromatic nitrogens is 1. The largest absolute Gasteiger partial charge is 0.477 e. The third-order valence-electron chi connectivity index (χ3n) is 3.57. The summed E-state index contributed by atoms with van der Waals surface area (Å²) in [7, 11) is 0. The lowest BCUT2D eigenvalue weighted by molar-refractivity contribution is 0.0686. The molecule has 0 bridgehead atoms. The fourth-order valence-electron chi connectivity index (χ4n) is 2.54. The lowest BCUT2D eigenvalue weighted by Crippen LogP contribution is -2.08. The molecule has 1 aliphatic carbocycles. The van der Waals surface area contributed by atoms with Crippen molar-refractivity contribution in [3.05, 3.63) is 46.5 Å². The van der Waals surface area contributed by atoms with E-state index in [1.54, 1.807) is 23.8 Å². The third kappa shape index (κ3) is 2.10. The molecule has 0 aliphatic heterocycles. The average molecular weight is 294 g/mol. The molecule has 2 aromatic rings. The fourth-order valence-corrected chi connectivity index (χ4v) is 2.70. The molecule has 1 fully saturated rings. The maximum atomic E-state index is 14.1. The van der Waals surface area contributed by atoms with Crippen molar-refractivity contribution in [2.75, 3.05) is 0 Å². The number of aryl methyl sites for hydroxylation is 1. The zero-order chi connectivity index (χ0) is 14.4. The van der Waals surface area contributed by atoms with E-state index in [0.29, 0.717) is 10.6 Å². The van der Waals surface area contributed by atoms with Crippen LogP contribution in [0, 0.1) is 12.7 Å². The van der Waals surface area contributed by atoms with Gasteiger partial charge < -0.3 is 9.67 Å². The standard InChI is InChI=1S/C15H13ClFNO2/c1-8-7-18(10-3-4-10)14(15(19)20)13(8)11-5-2-9(16)6-12(11)17/h2,5-7,10H,3-4H2,1H3,(H,19,20). The number of carboxylic acid groups (broad SMARTS) is 1. The molecule has 1 aromatic heterocycles. The molecule has 1 heterocycles. The summed E-state index contributed by atoms with van der Waals surface area (Å²) in [5.41, 5.74) is 1.64. The smallest absolute Gasteiger partial charge is 0.353 e. The Morgan fingerprint density at radius 1 is 1.45 bits per heavy atom. The highest BCUT2D eigenvalue weighted by Crippen LogP contribution is 2.41. The van der Waals surface area contributed by atoms with Crippen molar-refractivity contribution >= 4 is 17.6 Å². The Morgan fingerprint density at radius 2 is 2.15 bits per heavy atom. The zero-order valence-electron chi connectivity index (χ0n) is 10.9. The molecule has 104 valence electrons. The number of halogens is 2. The number of aromatic carboxylic acids is 1. The molecule has 5 heteroatoms. The van der Waals surface area contributed by atoms with E-state index < -0.39 is 11.8 Å². The predicted octanol–water partition coefficient (Wildman–Crippen LogP) is 4.29. The van der Waals surface area contributed by atoms with Crippen molar-refractivity contribution in [1.29, 1.82) is 0 Å². The number of hydrogen-bond acceptors (Lipinski definition) is 1. The van der Waals surface area contributed by atoms with Crippen molar-refractivity contribution in [3.63, 3.8) is 0 Å². The van der Waals surface area contributed by atoms with E-state index >= 15 is 0 Å². The second kappa shape index (κ2) is 4.63. The maximum absolute atomic E-state index is 14.1. The van der Waals surface area contributed by atoms with Gasteiger partial charge in [-0.25, -0.2) is 9.18 Å². The first-order chi connectivity index (χ1) is 9.49. The van der Waals surface area contributed by atoms with Gasteiger partial charge in [0.05, 0.1) is 0 Å². The second-order valence-electron chi connectivity index (χ2n) is 5.10. The van der Waals surface area contributed by atoms with Crippen LogP contribution in [0.4, 0.5) is 4.39 Å². The molecule has 1 aliphatic rings. The highest BCUT2D eigenvalue weighted by molar-refractivity contribution is 6.30. The van der Waals surface area contributed by atoms with Crippen LogP contribution < -0.4 is 0 Å². The zero-order valence-corrected chi connectivity index (χ0v) is 11.6. The van der Waals surface area contributed by atoms with E-state index in [-0.39, 0.29) is 17.3 Å². The Morgan fingerprint density at radius 3 is 2.70 bits per heavy atom. The molecule has 0 spiro atoms. The van der Waals surface area contributed by atoms with Crippen LogP contribution in [-0.4, -0.2) is 15.6 Å². The Bertz CT molecular complexity index is 704. The molecule has 0 unspecified atom stereocenters. The fraction of sp³-hybridized carbons (Fsp3) is 0.267. The van der Waals surface area contributed by atoms with E-state index in [1.165, 1.54) is 12.1 Å². The number of rotatable bonds is 3. The van der Waals surface area contributed by atoms with Crippen molar-refractivity contribution in [2.24, 2.45) is 0 Å². The van der Waals surface area contributed by atoms with E-state index in [2.05, 4.69) is 0 Å². The minimum atomic E-state index is -1.03. The minimum Gasteiger partial charge on any atom is -0.477 e. The van der Waals surface area contributed by atoms with Gasteiger partial charge in [0, 0.05) is 28.4 Å². The van der Waals surface area contributed by atoms with Crippen LogP contribution in [0.25, 0.3) is 11.1 Å². The Balaban J connectivity index is 2.24. The predicted molar refractivity (Wildman–Crippen MR) is 74.8 cm³/mol. The molecular weight excluding hydrogens is 281 g/mol. The second-order valence-corrected chi connectivity index (χ2v) is 5.54. The Kier molecular flexibility index (Phi) is 3.05. The summed E-state index contributed by atoms with van der Waals surface area (Å²) in [6.45, 7) is 1.80. The van der Waals surface area contributed by atoms with E-state index in [9.17, 15) is 14.3 Å². The summed E-state index contributed by atoms with van der Waals surface area (Å²) >= 11 is 5.75. The van der Waals surface area contributed by atoms with Gasteiger partial charge >= 0.3 is 5.97 Å². The van der Waals surface area contributed by atoms with E-state index in [1.807, 2.05) is 0 Å². The first kappa shape index (κ1) is 13.2. The monoisotopic (exact) mass is 293 g/mol. The summed E-state index contributed by atoms with van der Waals surface area (Å²) in [4.78, 5) is 11.6. The van der Waals surface area contributed by atoms with Crippen LogP contribution in [0.1, 0.15) is 34.9 Å². The third-order valence-corrected chi connectivity index (χ3v) is 3.80. The normalized spacial score (nSPS) is 14.6. The van der Waals surface area contributed by atoms with Gasteiger partial charge in [0.1, 0.15) is 11.5 Å². The molecule has 1 aromatic carbocycles. The van der Waals surface area contributed by atoms with Crippen LogP contribution in [0.2, 0.25) is 5.02 Å². The molecule has 3 nitrogen and oxygen atoms in total. The molecule has 0 atom stereocenters. The van der Waals surface area contributed by atoms with E-state index in [4.69, 9.17) is 11.6 Å². The lowest BCUT2D eigenvalue weighted by atomic mass is 10.0. The van der Waals surface area contributed by atoms with Crippen molar-refractivity contribution in [3.8, 4) is 11.1 Å². The number of carbonyl (C=O) groups is 1. The van der Waals surface area contributed by atoms with Gasteiger partial charge in [-0.05, 0) is 43.5 Å². The average Bonchev–Trinajstić information content (AvgIpc) is 3.14. The van der Waals surface area contributed by atoms with Crippen molar-refractivity contribution in [1.82, 2.24) is 4.57 Å². The summed E-state index contributed by atoms with van der Waals surface area (Å²) in [5.74, 6) is -1.54. The van der Waals surface area contributed by atoms with Crippen LogP contribution >= 0.6 is 11.6 Å². The lowest BCUT2D eigenvalue weighted by Gasteiger charge is -2.08. The van der Waals surface area contributed by atoms with Crippen LogP contribution in [0.15, 0.2) is 24.4 Å².